The average Bonchev–Trinajstić information content (AvgIpc) is 2.61. The summed E-state index contributed by atoms with van der Waals surface area (Å²) >= 11 is 1.41. The number of thioether (sulfide) groups is 1. The summed E-state index contributed by atoms with van der Waals surface area (Å²) < 4.78 is 1.10. The number of aryl methyl sites for hydroxylation is 2. The molecule has 0 unspecified atom stereocenters. The fourth-order valence-corrected chi connectivity index (χ4v) is 3.37. The van der Waals surface area contributed by atoms with Crippen LogP contribution >= 0.6 is 11.8 Å². The molecule has 6 heteroatoms. The highest BCUT2D eigenvalue weighted by Gasteiger charge is 2.12. The number of nitrogen functional groups attached to an aromatic ring is 1. The van der Waals surface area contributed by atoms with Crippen LogP contribution in [0.25, 0.3) is 0 Å². The van der Waals surface area contributed by atoms with Crippen molar-refractivity contribution >= 4 is 11.8 Å². The van der Waals surface area contributed by atoms with Gasteiger partial charge in [-0.15, -0.1) is 10.2 Å². The maximum Gasteiger partial charge on any atom is 0.294 e. The molecule has 0 spiro atoms. The van der Waals surface area contributed by atoms with E-state index in [9.17, 15) is 4.79 Å². The number of aromatic nitrogens is 3. The first kappa shape index (κ1) is 17.2. The van der Waals surface area contributed by atoms with Gasteiger partial charge >= 0.3 is 0 Å². The molecule has 5 nitrogen and oxygen atoms in total. The molecule has 0 aliphatic rings. The van der Waals surface area contributed by atoms with Crippen LogP contribution in [0.5, 0.6) is 0 Å². The molecule has 0 fully saturated rings. The fourth-order valence-electron chi connectivity index (χ4n) is 2.44. The lowest BCUT2D eigenvalue weighted by molar-refractivity contribution is 0.672. The number of hydrogen-bond acceptors (Lipinski definition) is 5. The molecule has 2 N–H and O–H groups in total. The Kier molecular flexibility index (Phi) is 5.19. The zero-order valence-electron chi connectivity index (χ0n) is 14.3. The summed E-state index contributed by atoms with van der Waals surface area (Å²) in [6.07, 6.45) is 0.423. The van der Waals surface area contributed by atoms with E-state index >= 15 is 0 Å². The summed E-state index contributed by atoms with van der Waals surface area (Å²) in [7, 11) is 0. The minimum Gasteiger partial charge on any atom is -0.334 e. The Morgan fingerprint density at radius 1 is 1.04 bits per heavy atom. The molecule has 0 saturated heterocycles. The SMILES string of the molecule is Cc1ccc(Cc2nnc(SCc3ccccc3C)n(N)c2=O)cc1. The van der Waals surface area contributed by atoms with Crippen LogP contribution in [0.4, 0.5) is 0 Å². The van der Waals surface area contributed by atoms with Gasteiger partial charge in [0.15, 0.2) is 0 Å². The molecule has 1 heterocycles. The number of hydrogen-bond donors (Lipinski definition) is 1. The highest BCUT2D eigenvalue weighted by molar-refractivity contribution is 7.98. The van der Waals surface area contributed by atoms with Gasteiger partial charge in [-0.25, -0.2) is 0 Å². The summed E-state index contributed by atoms with van der Waals surface area (Å²) in [6, 6.07) is 16.1. The van der Waals surface area contributed by atoms with Gasteiger partial charge in [0.1, 0.15) is 5.69 Å². The molecule has 0 bridgehead atoms. The van der Waals surface area contributed by atoms with E-state index in [1.165, 1.54) is 28.5 Å². The fraction of sp³-hybridized carbons (Fsp3) is 0.211. The molecular formula is C19H20N4OS. The summed E-state index contributed by atoms with van der Waals surface area (Å²) in [6.45, 7) is 4.08. The van der Waals surface area contributed by atoms with Crippen molar-refractivity contribution < 1.29 is 0 Å². The number of rotatable bonds is 5. The van der Waals surface area contributed by atoms with Crippen molar-refractivity contribution in [3.05, 3.63) is 86.8 Å². The summed E-state index contributed by atoms with van der Waals surface area (Å²) in [5, 5.41) is 8.67. The van der Waals surface area contributed by atoms with Gasteiger partial charge < -0.3 is 5.84 Å². The van der Waals surface area contributed by atoms with Gasteiger partial charge in [0.05, 0.1) is 0 Å². The van der Waals surface area contributed by atoms with Crippen LogP contribution in [0.15, 0.2) is 58.5 Å². The predicted octanol–water partition coefficient (Wildman–Crippen LogP) is 2.85. The quantitative estimate of drug-likeness (QED) is 0.564. The summed E-state index contributed by atoms with van der Waals surface area (Å²) in [4.78, 5) is 12.5. The second kappa shape index (κ2) is 7.53. The van der Waals surface area contributed by atoms with Crippen molar-refractivity contribution in [3.8, 4) is 0 Å². The largest absolute Gasteiger partial charge is 0.334 e. The van der Waals surface area contributed by atoms with Gasteiger partial charge in [-0.2, -0.15) is 4.68 Å². The predicted molar refractivity (Wildman–Crippen MR) is 101 cm³/mol. The van der Waals surface area contributed by atoms with Crippen LogP contribution in [-0.4, -0.2) is 14.9 Å². The Bertz CT molecular complexity index is 935. The molecule has 0 amide bonds. The zero-order valence-corrected chi connectivity index (χ0v) is 15.1. The van der Waals surface area contributed by atoms with E-state index in [4.69, 9.17) is 5.84 Å². The van der Waals surface area contributed by atoms with Gasteiger partial charge in [0.2, 0.25) is 5.16 Å². The van der Waals surface area contributed by atoms with E-state index < -0.39 is 0 Å². The van der Waals surface area contributed by atoms with E-state index in [0.29, 0.717) is 23.0 Å². The minimum absolute atomic E-state index is 0.303. The van der Waals surface area contributed by atoms with Crippen LogP contribution in [0.1, 0.15) is 27.9 Å². The Morgan fingerprint density at radius 2 is 1.76 bits per heavy atom. The number of nitrogens with zero attached hydrogens (tertiary/aromatic N) is 3. The van der Waals surface area contributed by atoms with Crippen molar-refractivity contribution in [1.82, 2.24) is 14.9 Å². The second-order valence-corrected chi connectivity index (χ2v) is 6.92. The van der Waals surface area contributed by atoms with Crippen molar-refractivity contribution in [2.75, 3.05) is 5.84 Å². The zero-order chi connectivity index (χ0) is 17.8. The van der Waals surface area contributed by atoms with Gasteiger partial charge in [-0.05, 0) is 30.5 Å². The van der Waals surface area contributed by atoms with Crippen LogP contribution in [0.2, 0.25) is 0 Å². The Balaban J connectivity index is 1.77. The highest BCUT2D eigenvalue weighted by atomic mass is 32.2. The average molecular weight is 352 g/mol. The normalized spacial score (nSPS) is 10.8. The van der Waals surface area contributed by atoms with Crippen LogP contribution < -0.4 is 11.4 Å². The third-order valence-electron chi connectivity index (χ3n) is 4.04. The molecule has 1 aromatic heterocycles. The third-order valence-corrected chi connectivity index (χ3v) is 5.03. The lowest BCUT2D eigenvalue weighted by Gasteiger charge is -2.09. The van der Waals surface area contributed by atoms with E-state index in [1.807, 2.05) is 43.3 Å². The van der Waals surface area contributed by atoms with Crippen molar-refractivity contribution in [2.24, 2.45) is 0 Å². The molecule has 0 aliphatic carbocycles. The molecule has 3 aromatic rings. The molecule has 2 aromatic carbocycles. The van der Waals surface area contributed by atoms with E-state index in [0.717, 1.165) is 10.2 Å². The molecule has 3 rings (SSSR count). The van der Waals surface area contributed by atoms with Crippen LogP contribution in [0, 0.1) is 13.8 Å². The molecule has 0 saturated carbocycles. The molecule has 0 radical (unpaired) electrons. The van der Waals surface area contributed by atoms with Crippen LogP contribution in [0.3, 0.4) is 0 Å². The molecule has 128 valence electrons. The molecule has 25 heavy (non-hydrogen) atoms. The maximum atomic E-state index is 12.5. The van der Waals surface area contributed by atoms with Crippen molar-refractivity contribution in [1.29, 1.82) is 0 Å². The maximum absolute atomic E-state index is 12.5. The first-order valence-corrected chi connectivity index (χ1v) is 8.99. The summed E-state index contributed by atoms with van der Waals surface area (Å²) in [5.74, 6) is 6.63. The smallest absolute Gasteiger partial charge is 0.294 e. The Hall–Kier alpha value is -2.60. The topological polar surface area (TPSA) is 73.8 Å². The minimum atomic E-state index is -0.303. The monoisotopic (exact) mass is 352 g/mol. The summed E-state index contributed by atoms with van der Waals surface area (Å²) in [5.41, 5.74) is 4.62. The van der Waals surface area contributed by atoms with Gasteiger partial charge in [0, 0.05) is 12.2 Å². The Morgan fingerprint density at radius 3 is 2.48 bits per heavy atom. The molecule has 0 aliphatic heterocycles. The van der Waals surface area contributed by atoms with Gasteiger partial charge in [-0.3, -0.25) is 4.79 Å². The number of nitrogens with two attached hydrogens (primary N) is 1. The van der Waals surface area contributed by atoms with Crippen LogP contribution in [-0.2, 0) is 12.2 Å². The molecule has 0 atom stereocenters. The number of benzene rings is 2. The standard InChI is InChI=1S/C19H20N4OS/c1-13-7-9-15(10-8-13)11-17-18(24)23(20)19(22-21-17)25-12-16-6-4-3-5-14(16)2/h3-10H,11-12,20H2,1-2H3. The lowest BCUT2D eigenvalue weighted by atomic mass is 10.1. The van der Waals surface area contributed by atoms with E-state index in [-0.39, 0.29) is 5.56 Å². The van der Waals surface area contributed by atoms with Crippen molar-refractivity contribution in [2.45, 2.75) is 31.2 Å². The van der Waals surface area contributed by atoms with E-state index in [1.54, 1.807) is 0 Å². The van der Waals surface area contributed by atoms with Crippen molar-refractivity contribution in [3.63, 3.8) is 0 Å². The van der Waals surface area contributed by atoms with E-state index in [2.05, 4.69) is 29.3 Å². The van der Waals surface area contributed by atoms with Gasteiger partial charge in [0.25, 0.3) is 5.56 Å². The lowest BCUT2D eigenvalue weighted by Crippen LogP contribution is -2.33. The third kappa shape index (κ3) is 4.09. The first-order valence-electron chi connectivity index (χ1n) is 8.01. The highest BCUT2D eigenvalue weighted by Crippen LogP contribution is 2.20. The Labute approximate surface area is 150 Å². The van der Waals surface area contributed by atoms with Gasteiger partial charge in [-0.1, -0.05) is 65.9 Å². The second-order valence-electron chi connectivity index (χ2n) is 5.98. The molecular weight excluding hydrogens is 332 g/mol. The first-order chi connectivity index (χ1) is 12.0.